The van der Waals surface area contributed by atoms with Gasteiger partial charge in [0.25, 0.3) is 0 Å². The molecule has 0 amide bonds. The lowest BCUT2D eigenvalue weighted by Gasteiger charge is -2.29. The van der Waals surface area contributed by atoms with Gasteiger partial charge in [-0.1, -0.05) is 50.7 Å². The molecule has 1 aromatic carbocycles. The van der Waals surface area contributed by atoms with Crippen LogP contribution in [-0.4, -0.2) is 0 Å². The third kappa shape index (κ3) is 4.68. The van der Waals surface area contributed by atoms with E-state index in [9.17, 15) is 13.2 Å². The number of allylic oxidation sites excluding steroid dienone is 2. The number of hydrogen-bond donors (Lipinski definition) is 0. The number of benzene rings is 1. The summed E-state index contributed by atoms with van der Waals surface area (Å²) < 4.78 is 39.9. The predicted molar refractivity (Wildman–Crippen MR) is 96.0 cm³/mol. The zero-order valence-electron chi connectivity index (χ0n) is 15.2. The van der Waals surface area contributed by atoms with Gasteiger partial charge in [0.05, 0.1) is 0 Å². The SMILES string of the molecule is CC[C@H]1CC[C@H](CCC2=CCC(c3cc(F)c(F)c(F)c3)CC2)CC1. The highest BCUT2D eigenvalue weighted by Gasteiger charge is 2.22. The summed E-state index contributed by atoms with van der Waals surface area (Å²) in [7, 11) is 0. The fraction of sp³-hybridized carbons (Fsp3) is 0.636. The molecular formula is C22H29F3. The van der Waals surface area contributed by atoms with Gasteiger partial charge < -0.3 is 0 Å². The predicted octanol–water partition coefficient (Wildman–Crippen LogP) is 7.29. The summed E-state index contributed by atoms with van der Waals surface area (Å²) in [6.07, 6.45) is 14.3. The Bertz CT molecular complexity index is 589. The second-order valence-corrected chi connectivity index (χ2v) is 7.97. The molecular weight excluding hydrogens is 321 g/mol. The van der Waals surface area contributed by atoms with Crippen LogP contribution in [0.2, 0.25) is 0 Å². The molecule has 0 bridgehead atoms. The molecule has 0 radical (unpaired) electrons. The van der Waals surface area contributed by atoms with E-state index in [1.54, 1.807) is 0 Å². The van der Waals surface area contributed by atoms with Crippen LogP contribution >= 0.6 is 0 Å². The fourth-order valence-corrected chi connectivity index (χ4v) is 4.55. The molecule has 1 aromatic rings. The van der Waals surface area contributed by atoms with Crippen molar-refractivity contribution in [1.82, 2.24) is 0 Å². The standard InChI is InChI=1S/C22H29F3/c1-2-15-3-5-16(6-4-15)7-8-17-9-11-18(12-10-17)19-13-20(23)22(25)21(24)14-19/h9,13-16,18H,2-8,10-12H2,1H3/t15-,16-,18?. The average molecular weight is 350 g/mol. The minimum atomic E-state index is -1.37. The molecule has 0 aromatic heterocycles. The summed E-state index contributed by atoms with van der Waals surface area (Å²) >= 11 is 0. The second-order valence-electron chi connectivity index (χ2n) is 7.97. The molecule has 25 heavy (non-hydrogen) atoms. The Labute approximate surface area is 149 Å². The largest absolute Gasteiger partial charge is 0.204 e. The summed E-state index contributed by atoms with van der Waals surface area (Å²) in [5, 5.41) is 0. The van der Waals surface area contributed by atoms with Gasteiger partial charge in [0.1, 0.15) is 0 Å². The third-order valence-corrected chi connectivity index (χ3v) is 6.40. The molecule has 0 heterocycles. The van der Waals surface area contributed by atoms with Crippen molar-refractivity contribution in [2.24, 2.45) is 11.8 Å². The highest BCUT2D eigenvalue weighted by Crippen LogP contribution is 2.37. The van der Waals surface area contributed by atoms with Gasteiger partial charge in [-0.3, -0.25) is 0 Å². The minimum Gasteiger partial charge on any atom is -0.204 e. The maximum atomic E-state index is 13.4. The van der Waals surface area contributed by atoms with Crippen LogP contribution in [0.15, 0.2) is 23.8 Å². The quantitative estimate of drug-likeness (QED) is 0.386. The number of halogens is 3. The molecule has 138 valence electrons. The van der Waals surface area contributed by atoms with Crippen molar-refractivity contribution in [3.63, 3.8) is 0 Å². The van der Waals surface area contributed by atoms with E-state index in [-0.39, 0.29) is 5.92 Å². The summed E-state index contributed by atoms with van der Waals surface area (Å²) in [5.41, 5.74) is 2.08. The molecule has 3 heteroatoms. The molecule has 0 N–H and O–H groups in total. The molecule has 0 spiro atoms. The maximum Gasteiger partial charge on any atom is 0.194 e. The fourth-order valence-electron chi connectivity index (χ4n) is 4.55. The zero-order valence-corrected chi connectivity index (χ0v) is 15.2. The zero-order chi connectivity index (χ0) is 17.8. The van der Waals surface area contributed by atoms with E-state index >= 15 is 0 Å². The summed E-state index contributed by atoms with van der Waals surface area (Å²) in [6.45, 7) is 2.30. The van der Waals surface area contributed by atoms with E-state index in [1.807, 2.05) is 0 Å². The van der Waals surface area contributed by atoms with Gasteiger partial charge in [0.15, 0.2) is 17.5 Å². The molecule has 1 saturated carbocycles. The first-order valence-corrected chi connectivity index (χ1v) is 9.89. The molecule has 0 nitrogen and oxygen atoms in total. The molecule has 0 saturated heterocycles. The Hall–Kier alpha value is -1.25. The first kappa shape index (κ1) is 18.5. The Kier molecular flexibility index (Phi) is 6.24. The maximum absolute atomic E-state index is 13.4. The highest BCUT2D eigenvalue weighted by atomic mass is 19.2. The van der Waals surface area contributed by atoms with Crippen molar-refractivity contribution >= 4 is 0 Å². The van der Waals surface area contributed by atoms with Gasteiger partial charge in [-0.15, -0.1) is 0 Å². The number of hydrogen-bond acceptors (Lipinski definition) is 0. The molecule has 0 aliphatic heterocycles. The van der Waals surface area contributed by atoms with Crippen molar-refractivity contribution in [2.75, 3.05) is 0 Å². The molecule has 1 unspecified atom stereocenters. The third-order valence-electron chi connectivity index (χ3n) is 6.40. The van der Waals surface area contributed by atoms with Gasteiger partial charge in [-0.25, -0.2) is 13.2 Å². The molecule has 2 aliphatic carbocycles. The summed E-state index contributed by atoms with van der Waals surface area (Å²) in [6, 6.07) is 2.32. The van der Waals surface area contributed by atoms with Gasteiger partial charge in [0.2, 0.25) is 0 Å². The van der Waals surface area contributed by atoms with Gasteiger partial charge >= 0.3 is 0 Å². The second kappa shape index (κ2) is 8.42. The molecule has 1 atom stereocenters. The normalized spacial score (nSPS) is 27.2. The van der Waals surface area contributed by atoms with Crippen molar-refractivity contribution in [2.45, 2.75) is 77.0 Å². The highest BCUT2D eigenvalue weighted by molar-refractivity contribution is 5.26. The van der Waals surface area contributed by atoms with E-state index in [2.05, 4.69) is 13.0 Å². The van der Waals surface area contributed by atoms with Gasteiger partial charge in [-0.2, -0.15) is 0 Å². The van der Waals surface area contributed by atoms with E-state index in [0.717, 1.165) is 43.2 Å². The van der Waals surface area contributed by atoms with Crippen LogP contribution in [0.5, 0.6) is 0 Å². The van der Waals surface area contributed by atoms with E-state index in [1.165, 1.54) is 50.5 Å². The Balaban J connectivity index is 1.49. The lowest BCUT2D eigenvalue weighted by Crippen LogP contribution is -2.14. The molecule has 3 rings (SSSR count). The van der Waals surface area contributed by atoms with Crippen molar-refractivity contribution < 1.29 is 13.2 Å². The number of rotatable bonds is 5. The van der Waals surface area contributed by atoms with Crippen LogP contribution in [0.4, 0.5) is 13.2 Å². The molecule has 2 aliphatic rings. The minimum absolute atomic E-state index is 0.105. The van der Waals surface area contributed by atoms with Gasteiger partial charge in [-0.05, 0) is 67.6 Å². The van der Waals surface area contributed by atoms with Crippen molar-refractivity contribution in [1.29, 1.82) is 0 Å². The smallest absolute Gasteiger partial charge is 0.194 e. The van der Waals surface area contributed by atoms with E-state index < -0.39 is 17.5 Å². The topological polar surface area (TPSA) is 0 Å². The van der Waals surface area contributed by atoms with Crippen LogP contribution in [0.3, 0.4) is 0 Å². The first-order chi connectivity index (χ1) is 12.1. The Morgan fingerprint density at radius 3 is 2.12 bits per heavy atom. The van der Waals surface area contributed by atoms with Crippen LogP contribution in [-0.2, 0) is 0 Å². The summed E-state index contributed by atoms with van der Waals surface area (Å²) in [4.78, 5) is 0. The van der Waals surface area contributed by atoms with Crippen molar-refractivity contribution in [3.8, 4) is 0 Å². The Morgan fingerprint density at radius 1 is 0.920 bits per heavy atom. The first-order valence-electron chi connectivity index (χ1n) is 9.89. The Morgan fingerprint density at radius 2 is 1.56 bits per heavy atom. The average Bonchev–Trinajstić information content (AvgIpc) is 2.65. The van der Waals surface area contributed by atoms with E-state index in [4.69, 9.17) is 0 Å². The lowest BCUT2D eigenvalue weighted by molar-refractivity contribution is 0.258. The lowest BCUT2D eigenvalue weighted by atomic mass is 9.77. The van der Waals surface area contributed by atoms with Crippen LogP contribution < -0.4 is 0 Å². The van der Waals surface area contributed by atoms with Crippen molar-refractivity contribution in [3.05, 3.63) is 46.8 Å². The van der Waals surface area contributed by atoms with Crippen LogP contribution in [0.25, 0.3) is 0 Å². The van der Waals surface area contributed by atoms with Gasteiger partial charge in [0, 0.05) is 0 Å². The summed E-state index contributed by atoms with van der Waals surface area (Å²) in [5.74, 6) is -1.59. The van der Waals surface area contributed by atoms with E-state index in [0.29, 0.717) is 5.56 Å². The van der Waals surface area contributed by atoms with Crippen LogP contribution in [0, 0.1) is 29.3 Å². The molecule has 1 fully saturated rings. The monoisotopic (exact) mass is 350 g/mol. The van der Waals surface area contributed by atoms with Crippen LogP contribution in [0.1, 0.15) is 82.6 Å².